The Morgan fingerprint density at radius 2 is 2.05 bits per heavy atom. The Kier molecular flexibility index (Phi) is 4.22. The Bertz CT molecular complexity index is 437. The van der Waals surface area contributed by atoms with Crippen LogP contribution in [0.2, 0.25) is 0 Å². The summed E-state index contributed by atoms with van der Waals surface area (Å²) in [6, 6.07) is 10.1. The van der Waals surface area contributed by atoms with Crippen molar-refractivity contribution in [3.05, 3.63) is 35.9 Å². The molecule has 0 saturated carbocycles. The summed E-state index contributed by atoms with van der Waals surface area (Å²) in [5.41, 5.74) is 1.44. The van der Waals surface area contributed by atoms with Gasteiger partial charge in [-0.2, -0.15) is 0 Å². The summed E-state index contributed by atoms with van der Waals surface area (Å²) >= 11 is 0. The second-order valence-corrected chi connectivity index (χ2v) is 5.84. The zero-order chi connectivity index (χ0) is 13.9. The van der Waals surface area contributed by atoms with Gasteiger partial charge in [-0.05, 0) is 26.5 Å². The van der Waals surface area contributed by atoms with Crippen LogP contribution in [-0.4, -0.2) is 47.6 Å². The molecular weight excluding hydrogens is 240 g/mol. The molecule has 1 heterocycles. The highest BCUT2D eigenvalue weighted by Gasteiger charge is 2.25. The number of nitrogens with zero attached hydrogens (tertiary/aromatic N) is 2. The molecule has 1 atom stereocenters. The first-order valence-electron chi connectivity index (χ1n) is 6.63. The van der Waals surface area contributed by atoms with Crippen LogP contribution in [0.3, 0.4) is 0 Å². The van der Waals surface area contributed by atoms with E-state index in [9.17, 15) is 5.11 Å². The summed E-state index contributed by atoms with van der Waals surface area (Å²) in [5, 5.41) is 13.9. The largest absolute Gasteiger partial charge is 0.390 e. The van der Waals surface area contributed by atoms with Crippen molar-refractivity contribution in [1.82, 2.24) is 4.90 Å². The fourth-order valence-electron chi connectivity index (χ4n) is 2.40. The molecule has 1 aromatic carbocycles. The van der Waals surface area contributed by atoms with Crippen LogP contribution in [0.25, 0.3) is 0 Å². The molecular formula is C15H22N2O2. The standard InChI is InChI=1S/C15H22N2O2/c1-15(2,18)11-17(3)10-13-9-14(16-19-13)12-7-5-4-6-8-12/h4-8,13,18H,9-11H2,1-3H3. The predicted molar refractivity (Wildman–Crippen MR) is 76.3 cm³/mol. The first kappa shape index (κ1) is 14.0. The van der Waals surface area contributed by atoms with Crippen LogP contribution in [0.4, 0.5) is 0 Å². The van der Waals surface area contributed by atoms with Gasteiger partial charge in [-0.1, -0.05) is 35.5 Å². The van der Waals surface area contributed by atoms with Crippen molar-refractivity contribution >= 4 is 5.71 Å². The van der Waals surface area contributed by atoms with E-state index < -0.39 is 5.60 Å². The summed E-state index contributed by atoms with van der Waals surface area (Å²) in [7, 11) is 1.99. The van der Waals surface area contributed by atoms with E-state index in [1.165, 1.54) is 0 Å². The molecule has 4 nitrogen and oxygen atoms in total. The van der Waals surface area contributed by atoms with E-state index in [0.29, 0.717) is 6.54 Å². The van der Waals surface area contributed by atoms with E-state index >= 15 is 0 Å². The topological polar surface area (TPSA) is 45.1 Å². The van der Waals surface area contributed by atoms with E-state index in [1.807, 2.05) is 51.2 Å². The van der Waals surface area contributed by atoms with Gasteiger partial charge in [-0.15, -0.1) is 0 Å². The van der Waals surface area contributed by atoms with E-state index in [-0.39, 0.29) is 6.10 Å². The number of hydrogen-bond donors (Lipinski definition) is 1. The lowest BCUT2D eigenvalue weighted by Crippen LogP contribution is -2.40. The predicted octanol–water partition coefficient (Wildman–Crippen LogP) is 1.88. The van der Waals surface area contributed by atoms with Crippen LogP contribution in [0.1, 0.15) is 25.8 Å². The first-order chi connectivity index (χ1) is 8.94. The third-order valence-corrected chi connectivity index (χ3v) is 3.01. The molecule has 2 rings (SSSR count). The summed E-state index contributed by atoms with van der Waals surface area (Å²) in [5.74, 6) is 0. The fourth-order valence-corrected chi connectivity index (χ4v) is 2.40. The third-order valence-electron chi connectivity index (χ3n) is 3.01. The van der Waals surface area contributed by atoms with Crippen molar-refractivity contribution in [3.8, 4) is 0 Å². The van der Waals surface area contributed by atoms with Gasteiger partial charge >= 0.3 is 0 Å². The maximum Gasteiger partial charge on any atom is 0.145 e. The highest BCUT2D eigenvalue weighted by Crippen LogP contribution is 2.17. The average Bonchev–Trinajstić information content (AvgIpc) is 2.76. The minimum atomic E-state index is -0.684. The van der Waals surface area contributed by atoms with Crippen LogP contribution < -0.4 is 0 Å². The lowest BCUT2D eigenvalue weighted by molar-refractivity contribution is 0.0146. The quantitative estimate of drug-likeness (QED) is 0.881. The monoisotopic (exact) mass is 262 g/mol. The summed E-state index contributed by atoms with van der Waals surface area (Å²) in [6.45, 7) is 5.01. The summed E-state index contributed by atoms with van der Waals surface area (Å²) in [6.07, 6.45) is 0.891. The molecule has 1 aliphatic rings. The van der Waals surface area contributed by atoms with Crippen LogP contribution in [0.5, 0.6) is 0 Å². The van der Waals surface area contributed by atoms with Crippen LogP contribution in [0, 0.1) is 0 Å². The van der Waals surface area contributed by atoms with Gasteiger partial charge in [0.1, 0.15) is 6.10 Å². The zero-order valence-electron chi connectivity index (χ0n) is 11.8. The molecule has 104 valence electrons. The smallest absolute Gasteiger partial charge is 0.145 e. The first-order valence-corrected chi connectivity index (χ1v) is 6.63. The zero-order valence-corrected chi connectivity index (χ0v) is 11.8. The number of benzene rings is 1. The van der Waals surface area contributed by atoms with Crippen molar-refractivity contribution in [3.63, 3.8) is 0 Å². The normalized spacial score (nSPS) is 19.4. The van der Waals surface area contributed by atoms with Crippen molar-refractivity contribution < 1.29 is 9.94 Å². The molecule has 0 saturated heterocycles. The van der Waals surface area contributed by atoms with Gasteiger partial charge in [0, 0.05) is 19.5 Å². The van der Waals surface area contributed by atoms with Crippen molar-refractivity contribution in [2.24, 2.45) is 5.16 Å². The Hall–Kier alpha value is -1.39. The van der Waals surface area contributed by atoms with Gasteiger partial charge in [0.25, 0.3) is 0 Å². The Balaban J connectivity index is 1.85. The van der Waals surface area contributed by atoms with Crippen LogP contribution in [-0.2, 0) is 4.84 Å². The molecule has 4 heteroatoms. The molecule has 0 aromatic heterocycles. The molecule has 1 N–H and O–H groups in total. The van der Waals surface area contributed by atoms with Gasteiger partial charge in [-0.25, -0.2) is 0 Å². The maximum absolute atomic E-state index is 9.78. The number of oxime groups is 1. The third kappa shape index (κ3) is 4.33. The maximum atomic E-state index is 9.78. The highest BCUT2D eigenvalue weighted by atomic mass is 16.6. The van der Waals surface area contributed by atoms with E-state index in [0.717, 1.165) is 24.2 Å². The number of rotatable bonds is 5. The molecule has 0 aliphatic carbocycles. The Morgan fingerprint density at radius 3 is 2.68 bits per heavy atom. The van der Waals surface area contributed by atoms with Gasteiger partial charge in [0.05, 0.1) is 11.3 Å². The average molecular weight is 262 g/mol. The van der Waals surface area contributed by atoms with Crippen LogP contribution in [0.15, 0.2) is 35.5 Å². The molecule has 0 amide bonds. The van der Waals surface area contributed by atoms with Gasteiger partial charge < -0.3 is 9.94 Å². The Labute approximate surface area is 114 Å². The van der Waals surface area contributed by atoms with E-state index in [1.54, 1.807) is 0 Å². The molecule has 1 unspecified atom stereocenters. The second-order valence-electron chi connectivity index (χ2n) is 5.84. The van der Waals surface area contributed by atoms with E-state index in [2.05, 4.69) is 10.1 Å². The van der Waals surface area contributed by atoms with Gasteiger partial charge in [0.15, 0.2) is 0 Å². The van der Waals surface area contributed by atoms with Gasteiger partial charge in [-0.3, -0.25) is 4.90 Å². The molecule has 0 fully saturated rings. The highest BCUT2D eigenvalue weighted by molar-refractivity contribution is 6.01. The number of hydrogen-bond acceptors (Lipinski definition) is 4. The summed E-state index contributed by atoms with van der Waals surface area (Å²) < 4.78 is 0. The number of aliphatic hydroxyl groups is 1. The molecule has 0 bridgehead atoms. The lowest BCUT2D eigenvalue weighted by atomic mass is 10.0. The minimum Gasteiger partial charge on any atom is -0.390 e. The van der Waals surface area contributed by atoms with E-state index in [4.69, 9.17) is 4.84 Å². The number of likely N-dealkylation sites (N-methyl/N-ethyl adjacent to an activating group) is 1. The van der Waals surface area contributed by atoms with Crippen LogP contribution >= 0.6 is 0 Å². The summed E-state index contributed by atoms with van der Waals surface area (Å²) in [4.78, 5) is 7.55. The van der Waals surface area contributed by atoms with Crippen molar-refractivity contribution in [2.75, 3.05) is 20.1 Å². The molecule has 19 heavy (non-hydrogen) atoms. The van der Waals surface area contributed by atoms with Crippen molar-refractivity contribution in [2.45, 2.75) is 32.0 Å². The van der Waals surface area contributed by atoms with Crippen molar-refractivity contribution in [1.29, 1.82) is 0 Å². The second kappa shape index (κ2) is 5.72. The lowest BCUT2D eigenvalue weighted by Gasteiger charge is -2.26. The SMILES string of the molecule is CN(CC1CC(c2ccccc2)=NO1)CC(C)(C)O. The minimum absolute atomic E-state index is 0.0718. The molecule has 0 spiro atoms. The van der Waals surface area contributed by atoms with Gasteiger partial charge in [0.2, 0.25) is 0 Å². The molecule has 0 radical (unpaired) electrons. The fraction of sp³-hybridized carbons (Fsp3) is 0.533. The Morgan fingerprint density at radius 1 is 1.37 bits per heavy atom. The molecule has 1 aliphatic heterocycles. The molecule has 1 aromatic rings.